The molecule has 4 heteroatoms. The highest BCUT2D eigenvalue weighted by Crippen LogP contribution is 2.15. The van der Waals surface area contributed by atoms with Gasteiger partial charge in [-0.25, -0.2) is 0 Å². The number of rotatable bonds is 9. The number of unbranched alkanes of at least 4 members (excludes halogenated alkanes) is 3. The zero-order valence-electron chi connectivity index (χ0n) is 12.2. The standard InChI is InChI=1S/C16H25NO2.ClH/c1-2-3-4-8-13-19-16(18)12-11-15(17)14-9-6-5-7-10-14;/h5-7,9-10,15H,2-4,8,11-13,17H2,1H3;1H. The van der Waals surface area contributed by atoms with Gasteiger partial charge in [0.15, 0.2) is 0 Å². The molecular weight excluding hydrogens is 274 g/mol. The summed E-state index contributed by atoms with van der Waals surface area (Å²) in [5, 5.41) is 0. The lowest BCUT2D eigenvalue weighted by atomic mass is 10.0. The number of benzene rings is 1. The molecule has 1 unspecified atom stereocenters. The molecule has 1 atom stereocenters. The number of carbonyl (C=O) groups is 1. The van der Waals surface area contributed by atoms with Crippen LogP contribution in [-0.4, -0.2) is 12.6 Å². The van der Waals surface area contributed by atoms with E-state index >= 15 is 0 Å². The molecule has 1 rings (SSSR count). The van der Waals surface area contributed by atoms with Crippen molar-refractivity contribution in [1.29, 1.82) is 0 Å². The van der Waals surface area contributed by atoms with Gasteiger partial charge in [-0.05, 0) is 18.4 Å². The van der Waals surface area contributed by atoms with Crippen LogP contribution in [0.15, 0.2) is 30.3 Å². The summed E-state index contributed by atoms with van der Waals surface area (Å²) < 4.78 is 5.18. The largest absolute Gasteiger partial charge is 0.466 e. The van der Waals surface area contributed by atoms with Gasteiger partial charge in [-0.15, -0.1) is 12.4 Å². The summed E-state index contributed by atoms with van der Waals surface area (Å²) in [6.45, 7) is 2.70. The van der Waals surface area contributed by atoms with Crippen LogP contribution in [0.4, 0.5) is 0 Å². The Labute approximate surface area is 128 Å². The minimum Gasteiger partial charge on any atom is -0.466 e. The zero-order chi connectivity index (χ0) is 13.9. The molecule has 0 aliphatic carbocycles. The molecule has 1 aromatic carbocycles. The number of hydrogen-bond donors (Lipinski definition) is 1. The molecule has 0 aliphatic heterocycles. The Bertz CT molecular complexity index is 357. The van der Waals surface area contributed by atoms with E-state index in [9.17, 15) is 4.79 Å². The topological polar surface area (TPSA) is 52.3 Å². The first-order valence-electron chi connectivity index (χ1n) is 7.20. The van der Waals surface area contributed by atoms with Gasteiger partial charge in [0.05, 0.1) is 6.61 Å². The van der Waals surface area contributed by atoms with E-state index in [1.807, 2.05) is 30.3 Å². The molecule has 0 aliphatic rings. The average molecular weight is 300 g/mol. The van der Waals surface area contributed by atoms with Crippen LogP contribution in [0, 0.1) is 0 Å². The Kier molecular flexibility index (Phi) is 11.1. The van der Waals surface area contributed by atoms with Crippen molar-refractivity contribution in [2.45, 2.75) is 51.5 Å². The molecule has 2 N–H and O–H groups in total. The van der Waals surface area contributed by atoms with Crippen molar-refractivity contribution >= 4 is 18.4 Å². The first kappa shape index (κ1) is 18.9. The van der Waals surface area contributed by atoms with Gasteiger partial charge >= 0.3 is 5.97 Å². The normalized spacial score (nSPS) is 11.5. The highest BCUT2D eigenvalue weighted by molar-refractivity contribution is 5.85. The summed E-state index contributed by atoms with van der Waals surface area (Å²) >= 11 is 0. The van der Waals surface area contributed by atoms with Crippen LogP contribution in [0.2, 0.25) is 0 Å². The Morgan fingerprint density at radius 2 is 1.90 bits per heavy atom. The third kappa shape index (κ3) is 8.18. The van der Waals surface area contributed by atoms with Gasteiger partial charge in [-0.2, -0.15) is 0 Å². The molecule has 0 heterocycles. The van der Waals surface area contributed by atoms with Crippen LogP contribution in [0.5, 0.6) is 0 Å². The molecule has 0 radical (unpaired) electrons. The molecule has 0 aromatic heterocycles. The van der Waals surface area contributed by atoms with Crippen molar-refractivity contribution < 1.29 is 9.53 Å². The lowest BCUT2D eigenvalue weighted by Crippen LogP contribution is -2.14. The van der Waals surface area contributed by atoms with Gasteiger partial charge in [0.25, 0.3) is 0 Å². The van der Waals surface area contributed by atoms with Crippen molar-refractivity contribution in [2.24, 2.45) is 5.73 Å². The van der Waals surface area contributed by atoms with E-state index in [1.54, 1.807) is 0 Å². The molecule has 20 heavy (non-hydrogen) atoms. The molecule has 114 valence electrons. The maximum absolute atomic E-state index is 11.5. The molecule has 0 fully saturated rings. The molecule has 0 saturated carbocycles. The Hall–Kier alpha value is -1.06. The molecule has 0 spiro atoms. The SMILES string of the molecule is CCCCCCOC(=O)CCC(N)c1ccccc1.Cl. The van der Waals surface area contributed by atoms with Crippen LogP contribution in [-0.2, 0) is 9.53 Å². The van der Waals surface area contributed by atoms with E-state index in [-0.39, 0.29) is 24.4 Å². The minimum absolute atomic E-state index is 0. The number of nitrogens with two attached hydrogens (primary N) is 1. The van der Waals surface area contributed by atoms with Gasteiger partial charge in [-0.1, -0.05) is 56.5 Å². The quantitative estimate of drug-likeness (QED) is 0.553. The van der Waals surface area contributed by atoms with E-state index in [0.717, 1.165) is 18.4 Å². The predicted molar refractivity (Wildman–Crippen MR) is 85.0 cm³/mol. The van der Waals surface area contributed by atoms with Gasteiger partial charge in [0.1, 0.15) is 0 Å². The lowest BCUT2D eigenvalue weighted by Gasteiger charge is -2.11. The minimum atomic E-state index is -0.136. The van der Waals surface area contributed by atoms with Crippen molar-refractivity contribution in [3.63, 3.8) is 0 Å². The van der Waals surface area contributed by atoms with Crippen molar-refractivity contribution in [3.8, 4) is 0 Å². The van der Waals surface area contributed by atoms with E-state index in [2.05, 4.69) is 6.92 Å². The highest BCUT2D eigenvalue weighted by Gasteiger charge is 2.09. The molecule has 0 amide bonds. The number of carbonyl (C=O) groups excluding carboxylic acids is 1. The van der Waals surface area contributed by atoms with Crippen molar-refractivity contribution in [3.05, 3.63) is 35.9 Å². The number of halogens is 1. The van der Waals surface area contributed by atoms with Crippen LogP contribution in [0.3, 0.4) is 0 Å². The Balaban J connectivity index is 0.00000361. The van der Waals surface area contributed by atoms with Crippen LogP contribution in [0.25, 0.3) is 0 Å². The van der Waals surface area contributed by atoms with Gasteiger partial charge in [-0.3, -0.25) is 4.79 Å². The second-order valence-corrected chi connectivity index (χ2v) is 4.84. The molecule has 0 saturated heterocycles. The maximum Gasteiger partial charge on any atom is 0.305 e. The molecular formula is C16H26ClNO2. The third-order valence-corrected chi connectivity index (χ3v) is 3.15. The number of ether oxygens (including phenoxy) is 1. The average Bonchev–Trinajstić information content (AvgIpc) is 2.45. The number of hydrogen-bond acceptors (Lipinski definition) is 3. The second kappa shape index (κ2) is 11.7. The first-order chi connectivity index (χ1) is 9.24. The Morgan fingerprint density at radius 1 is 1.20 bits per heavy atom. The summed E-state index contributed by atoms with van der Waals surface area (Å²) in [7, 11) is 0. The summed E-state index contributed by atoms with van der Waals surface area (Å²) in [6.07, 6.45) is 5.52. The van der Waals surface area contributed by atoms with Crippen LogP contribution >= 0.6 is 12.4 Å². The van der Waals surface area contributed by atoms with E-state index in [0.29, 0.717) is 19.4 Å². The molecule has 3 nitrogen and oxygen atoms in total. The van der Waals surface area contributed by atoms with E-state index in [4.69, 9.17) is 10.5 Å². The third-order valence-electron chi connectivity index (χ3n) is 3.15. The predicted octanol–water partition coefficient (Wildman–Crippen LogP) is 4.01. The zero-order valence-corrected chi connectivity index (χ0v) is 13.0. The fraction of sp³-hybridized carbons (Fsp3) is 0.562. The number of esters is 1. The smallest absolute Gasteiger partial charge is 0.305 e. The Morgan fingerprint density at radius 3 is 2.55 bits per heavy atom. The molecule has 0 bridgehead atoms. The fourth-order valence-electron chi connectivity index (χ4n) is 1.93. The summed E-state index contributed by atoms with van der Waals surface area (Å²) in [6, 6.07) is 9.76. The summed E-state index contributed by atoms with van der Waals surface area (Å²) in [4.78, 5) is 11.5. The van der Waals surface area contributed by atoms with Crippen molar-refractivity contribution in [1.82, 2.24) is 0 Å². The van der Waals surface area contributed by atoms with Crippen LogP contribution < -0.4 is 5.73 Å². The van der Waals surface area contributed by atoms with Gasteiger partial charge < -0.3 is 10.5 Å². The molecule has 1 aromatic rings. The summed E-state index contributed by atoms with van der Waals surface area (Å²) in [5.74, 6) is -0.136. The summed E-state index contributed by atoms with van der Waals surface area (Å²) in [5.41, 5.74) is 7.10. The van der Waals surface area contributed by atoms with Gasteiger partial charge in [0.2, 0.25) is 0 Å². The highest BCUT2D eigenvalue weighted by atomic mass is 35.5. The van der Waals surface area contributed by atoms with E-state index < -0.39 is 0 Å². The van der Waals surface area contributed by atoms with Crippen molar-refractivity contribution in [2.75, 3.05) is 6.61 Å². The van der Waals surface area contributed by atoms with Crippen LogP contribution in [0.1, 0.15) is 57.1 Å². The van der Waals surface area contributed by atoms with E-state index in [1.165, 1.54) is 12.8 Å². The monoisotopic (exact) mass is 299 g/mol. The second-order valence-electron chi connectivity index (χ2n) is 4.84. The fourth-order valence-corrected chi connectivity index (χ4v) is 1.93. The van der Waals surface area contributed by atoms with Gasteiger partial charge in [0, 0.05) is 12.5 Å². The maximum atomic E-state index is 11.5. The lowest BCUT2D eigenvalue weighted by molar-refractivity contribution is -0.144. The first-order valence-corrected chi connectivity index (χ1v) is 7.20.